The van der Waals surface area contributed by atoms with Crippen LogP contribution in [0.3, 0.4) is 0 Å². The van der Waals surface area contributed by atoms with Gasteiger partial charge in [0.1, 0.15) is 0 Å². The van der Waals surface area contributed by atoms with Crippen molar-refractivity contribution in [1.82, 2.24) is 9.78 Å². The fourth-order valence-electron chi connectivity index (χ4n) is 1.45. The van der Waals surface area contributed by atoms with Gasteiger partial charge < -0.3 is 5.73 Å². The summed E-state index contributed by atoms with van der Waals surface area (Å²) in [5, 5.41) is 5.42. The molecule has 2 N–H and O–H groups in total. The van der Waals surface area contributed by atoms with Gasteiger partial charge in [-0.2, -0.15) is 5.10 Å². The summed E-state index contributed by atoms with van der Waals surface area (Å²) in [7, 11) is 0. The maximum atomic E-state index is 6.08. The third-order valence-corrected chi connectivity index (χ3v) is 2.76. The molecule has 1 aromatic heterocycles. The number of halogens is 2. The van der Waals surface area contributed by atoms with Crippen LogP contribution in [0.15, 0.2) is 30.6 Å². The fourth-order valence-corrected chi connectivity index (χ4v) is 1.95. The van der Waals surface area contributed by atoms with E-state index in [1.165, 1.54) is 0 Å². The van der Waals surface area contributed by atoms with Crippen molar-refractivity contribution in [1.29, 1.82) is 0 Å². The van der Waals surface area contributed by atoms with E-state index in [1.54, 1.807) is 23.0 Å². The monoisotopic (exact) mass is 255 g/mol. The molecule has 2 rings (SSSR count). The van der Waals surface area contributed by atoms with Crippen molar-refractivity contribution in [3.63, 3.8) is 0 Å². The number of hydrogen-bond acceptors (Lipinski definition) is 2. The van der Waals surface area contributed by atoms with Gasteiger partial charge in [-0.1, -0.05) is 23.2 Å². The average Bonchev–Trinajstić information content (AvgIpc) is 2.67. The zero-order valence-corrected chi connectivity index (χ0v) is 10.0. The lowest BCUT2D eigenvalue weighted by molar-refractivity contribution is 0.879. The summed E-state index contributed by atoms with van der Waals surface area (Å²) < 4.78 is 1.73. The molecule has 1 heterocycles. The summed E-state index contributed by atoms with van der Waals surface area (Å²) in [5.74, 6) is 0. The molecule has 0 unspecified atom stereocenters. The van der Waals surface area contributed by atoms with Gasteiger partial charge in [0.05, 0.1) is 16.9 Å². The highest BCUT2D eigenvalue weighted by Crippen LogP contribution is 2.23. The van der Waals surface area contributed by atoms with Gasteiger partial charge in [-0.05, 0) is 36.7 Å². The SMILES string of the molecule is NCCc1cnn(-c2ccc(Cl)cc2Cl)c1. The normalized spacial score (nSPS) is 10.7. The van der Waals surface area contributed by atoms with Gasteiger partial charge in [-0.25, -0.2) is 4.68 Å². The molecule has 0 bridgehead atoms. The Balaban J connectivity index is 2.35. The lowest BCUT2D eigenvalue weighted by Crippen LogP contribution is -2.01. The molecule has 0 amide bonds. The van der Waals surface area contributed by atoms with E-state index in [4.69, 9.17) is 28.9 Å². The van der Waals surface area contributed by atoms with E-state index in [-0.39, 0.29) is 0 Å². The molecule has 0 atom stereocenters. The summed E-state index contributed by atoms with van der Waals surface area (Å²) in [6, 6.07) is 5.32. The summed E-state index contributed by atoms with van der Waals surface area (Å²) in [6.45, 7) is 0.611. The minimum atomic E-state index is 0.579. The van der Waals surface area contributed by atoms with E-state index in [0.717, 1.165) is 17.7 Å². The molecule has 1 aromatic carbocycles. The van der Waals surface area contributed by atoms with Gasteiger partial charge in [-0.3, -0.25) is 0 Å². The second-order valence-corrected chi connectivity index (χ2v) is 4.27. The zero-order chi connectivity index (χ0) is 11.5. The van der Waals surface area contributed by atoms with Crippen LogP contribution in [0.1, 0.15) is 5.56 Å². The Kier molecular flexibility index (Phi) is 3.49. The quantitative estimate of drug-likeness (QED) is 0.917. The van der Waals surface area contributed by atoms with Crippen LogP contribution in [0.4, 0.5) is 0 Å². The zero-order valence-electron chi connectivity index (χ0n) is 8.53. The van der Waals surface area contributed by atoms with E-state index >= 15 is 0 Å². The molecule has 5 heteroatoms. The van der Waals surface area contributed by atoms with Crippen molar-refractivity contribution in [3.05, 3.63) is 46.2 Å². The fraction of sp³-hybridized carbons (Fsp3) is 0.182. The number of rotatable bonds is 3. The van der Waals surface area contributed by atoms with Crippen molar-refractivity contribution in [2.24, 2.45) is 5.73 Å². The van der Waals surface area contributed by atoms with Gasteiger partial charge in [0.15, 0.2) is 0 Å². The Morgan fingerprint density at radius 1 is 1.31 bits per heavy atom. The topological polar surface area (TPSA) is 43.8 Å². The predicted molar refractivity (Wildman–Crippen MR) is 66.3 cm³/mol. The van der Waals surface area contributed by atoms with Crippen molar-refractivity contribution in [2.75, 3.05) is 6.54 Å². The molecule has 0 radical (unpaired) electrons. The summed E-state index contributed by atoms with van der Waals surface area (Å²) in [4.78, 5) is 0. The molecule has 0 fully saturated rings. The van der Waals surface area contributed by atoms with Crippen LogP contribution < -0.4 is 5.73 Å². The van der Waals surface area contributed by atoms with Gasteiger partial charge in [0.2, 0.25) is 0 Å². The minimum Gasteiger partial charge on any atom is -0.330 e. The molecular formula is C11H11Cl2N3. The smallest absolute Gasteiger partial charge is 0.0832 e. The van der Waals surface area contributed by atoms with Crippen LogP contribution in [0, 0.1) is 0 Å². The van der Waals surface area contributed by atoms with Gasteiger partial charge >= 0.3 is 0 Å². The Labute approximate surface area is 104 Å². The van der Waals surface area contributed by atoms with Crippen molar-refractivity contribution >= 4 is 23.2 Å². The van der Waals surface area contributed by atoms with Crippen molar-refractivity contribution < 1.29 is 0 Å². The third kappa shape index (κ3) is 2.38. The number of nitrogens with zero attached hydrogens (tertiary/aromatic N) is 2. The van der Waals surface area contributed by atoms with Gasteiger partial charge in [0, 0.05) is 11.2 Å². The highest BCUT2D eigenvalue weighted by atomic mass is 35.5. The summed E-state index contributed by atoms with van der Waals surface area (Å²) in [6.07, 6.45) is 4.52. The molecule has 16 heavy (non-hydrogen) atoms. The first kappa shape index (κ1) is 11.5. The molecule has 0 saturated carbocycles. The highest BCUT2D eigenvalue weighted by molar-refractivity contribution is 6.35. The summed E-state index contributed by atoms with van der Waals surface area (Å²) in [5.41, 5.74) is 7.38. The lowest BCUT2D eigenvalue weighted by atomic mass is 10.2. The second kappa shape index (κ2) is 4.87. The standard InChI is InChI=1S/C11H11Cl2N3/c12-9-1-2-11(10(13)5-9)16-7-8(3-4-14)6-15-16/h1-2,5-7H,3-4,14H2. The van der Waals surface area contributed by atoms with Crippen LogP contribution in [0.25, 0.3) is 5.69 Å². The lowest BCUT2D eigenvalue weighted by Gasteiger charge is -2.03. The first-order chi connectivity index (χ1) is 7.70. The maximum Gasteiger partial charge on any atom is 0.0832 e. The third-order valence-electron chi connectivity index (χ3n) is 2.23. The van der Waals surface area contributed by atoms with Crippen LogP contribution >= 0.6 is 23.2 Å². The number of aromatic nitrogens is 2. The molecule has 0 aliphatic rings. The van der Waals surface area contributed by atoms with Gasteiger partial charge in [0.25, 0.3) is 0 Å². The van der Waals surface area contributed by atoms with Crippen LogP contribution in [0.2, 0.25) is 10.0 Å². The molecule has 0 saturated heterocycles. The Morgan fingerprint density at radius 2 is 2.12 bits per heavy atom. The first-order valence-corrected chi connectivity index (χ1v) is 5.65. The van der Waals surface area contributed by atoms with E-state index in [0.29, 0.717) is 16.6 Å². The van der Waals surface area contributed by atoms with E-state index in [2.05, 4.69) is 5.10 Å². The Bertz CT molecular complexity index is 494. The average molecular weight is 256 g/mol. The molecule has 0 aliphatic carbocycles. The highest BCUT2D eigenvalue weighted by Gasteiger charge is 2.05. The molecular weight excluding hydrogens is 245 g/mol. The van der Waals surface area contributed by atoms with Crippen LogP contribution in [-0.4, -0.2) is 16.3 Å². The molecule has 0 aliphatic heterocycles. The number of hydrogen-bond donors (Lipinski definition) is 1. The van der Waals surface area contributed by atoms with Gasteiger partial charge in [-0.15, -0.1) is 0 Å². The predicted octanol–water partition coefficient (Wildman–Crippen LogP) is 2.68. The minimum absolute atomic E-state index is 0.579. The Hall–Kier alpha value is -1.03. The maximum absolute atomic E-state index is 6.08. The Morgan fingerprint density at radius 3 is 2.81 bits per heavy atom. The molecule has 3 nitrogen and oxygen atoms in total. The first-order valence-electron chi connectivity index (χ1n) is 4.90. The van der Waals surface area contributed by atoms with Crippen molar-refractivity contribution in [2.45, 2.75) is 6.42 Å². The second-order valence-electron chi connectivity index (χ2n) is 3.43. The summed E-state index contributed by atoms with van der Waals surface area (Å²) >= 11 is 11.9. The largest absolute Gasteiger partial charge is 0.330 e. The molecule has 2 aromatic rings. The van der Waals surface area contributed by atoms with E-state index in [9.17, 15) is 0 Å². The van der Waals surface area contributed by atoms with Crippen LogP contribution in [0.5, 0.6) is 0 Å². The number of nitrogens with two attached hydrogens (primary N) is 1. The molecule has 84 valence electrons. The van der Waals surface area contributed by atoms with E-state index in [1.807, 2.05) is 12.3 Å². The van der Waals surface area contributed by atoms with Crippen molar-refractivity contribution in [3.8, 4) is 5.69 Å². The molecule has 0 spiro atoms. The van der Waals surface area contributed by atoms with Crippen LogP contribution in [-0.2, 0) is 6.42 Å². The van der Waals surface area contributed by atoms with E-state index < -0.39 is 0 Å². The number of benzene rings is 1.